The van der Waals surface area contributed by atoms with Crippen molar-refractivity contribution >= 4 is 33.7 Å². The van der Waals surface area contributed by atoms with Crippen molar-refractivity contribution in [1.29, 1.82) is 0 Å². The molecule has 6 nitrogen and oxygen atoms in total. The molecule has 0 aliphatic rings. The largest absolute Gasteiger partial charge is 0.480 e. The molecule has 0 bridgehead atoms. The average molecular weight is 385 g/mol. The second-order valence-corrected chi connectivity index (χ2v) is 6.65. The van der Waals surface area contributed by atoms with Gasteiger partial charge in [-0.25, -0.2) is 4.79 Å². The topological polar surface area (TPSA) is 95.5 Å². The Morgan fingerprint density at radius 3 is 2.43 bits per heavy atom. The molecule has 1 aromatic carbocycles. The average Bonchev–Trinajstić information content (AvgIpc) is 2.43. The van der Waals surface area contributed by atoms with Gasteiger partial charge in [-0.1, -0.05) is 29.8 Å². The number of carboxylic acids is 1. The lowest BCUT2D eigenvalue weighted by molar-refractivity contribution is -0.142. The number of aliphatic carboxylic acids is 1. The Labute approximate surface area is 143 Å². The lowest BCUT2D eigenvalue weighted by Crippen LogP contribution is -2.46. The van der Waals surface area contributed by atoms with Crippen LogP contribution in [0.25, 0.3) is 0 Å². The number of carbonyl (C=O) groups excluding carboxylic acids is 2. The van der Waals surface area contributed by atoms with Crippen LogP contribution in [0.1, 0.15) is 36.2 Å². The van der Waals surface area contributed by atoms with E-state index in [2.05, 4.69) is 26.6 Å². The minimum atomic E-state index is -1.08. The van der Waals surface area contributed by atoms with E-state index < -0.39 is 17.9 Å². The van der Waals surface area contributed by atoms with Gasteiger partial charge in [0.1, 0.15) is 6.04 Å². The number of carbonyl (C=O) groups is 3. The van der Waals surface area contributed by atoms with Crippen LogP contribution in [-0.2, 0) is 9.59 Å². The Morgan fingerprint density at radius 2 is 1.91 bits per heavy atom. The zero-order chi connectivity index (χ0) is 17.6. The van der Waals surface area contributed by atoms with E-state index in [0.29, 0.717) is 12.0 Å². The maximum absolute atomic E-state index is 12.1. The Kier molecular flexibility index (Phi) is 7.22. The van der Waals surface area contributed by atoms with Gasteiger partial charge in [-0.3, -0.25) is 9.59 Å². The van der Waals surface area contributed by atoms with Gasteiger partial charge in [-0.05, 0) is 43.0 Å². The van der Waals surface area contributed by atoms with Crippen molar-refractivity contribution in [3.8, 4) is 0 Å². The monoisotopic (exact) mass is 384 g/mol. The zero-order valence-corrected chi connectivity index (χ0v) is 14.9. The highest BCUT2D eigenvalue weighted by atomic mass is 79.9. The van der Waals surface area contributed by atoms with E-state index in [-0.39, 0.29) is 18.4 Å². The van der Waals surface area contributed by atoms with Gasteiger partial charge in [0.05, 0.1) is 6.54 Å². The fraction of sp³-hybridized carbons (Fsp3) is 0.438. The van der Waals surface area contributed by atoms with E-state index in [1.165, 1.54) is 0 Å². The van der Waals surface area contributed by atoms with Crippen LogP contribution in [0.15, 0.2) is 22.7 Å². The predicted octanol–water partition coefficient (Wildman–Crippen LogP) is 2.10. The van der Waals surface area contributed by atoms with Crippen LogP contribution in [0.5, 0.6) is 0 Å². The molecule has 7 heteroatoms. The van der Waals surface area contributed by atoms with Gasteiger partial charge < -0.3 is 15.7 Å². The molecule has 2 amide bonds. The van der Waals surface area contributed by atoms with Crippen molar-refractivity contribution < 1.29 is 19.5 Å². The lowest BCUT2D eigenvalue weighted by Gasteiger charge is -2.16. The van der Waals surface area contributed by atoms with Crippen LogP contribution in [-0.4, -0.2) is 35.5 Å². The Balaban J connectivity index is 2.58. The van der Waals surface area contributed by atoms with Crippen molar-refractivity contribution in [2.24, 2.45) is 5.92 Å². The summed E-state index contributed by atoms with van der Waals surface area (Å²) in [5.74, 6) is -1.85. The van der Waals surface area contributed by atoms with Crippen molar-refractivity contribution in [3.63, 3.8) is 0 Å². The van der Waals surface area contributed by atoms with Gasteiger partial charge in [-0.2, -0.15) is 0 Å². The molecule has 126 valence electrons. The van der Waals surface area contributed by atoms with E-state index in [9.17, 15) is 14.4 Å². The summed E-state index contributed by atoms with van der Waals surface area (Å²) < 4.78 is 0.863. The number of rotatable bonds is 7. The van der Waals surface area contributed by atoms with E-state index in [1.54, 1.807) is 25.1 Å². The third-order valence-electron chi connectivity index (χ3n) is 3.18. The van der Waals surface area contributed by atoms with Crippen LogP contribution in [0.3, 0.4) is 0 Å². The van der Waals surface area contributed by atoms with Gasteiger partial charge in [-0.15, -0.1) is 0 Å². The van der Waals surface area contributed by atoms with E-state index in [4.69, 9.17) is 5.11 Å². The molecule has 23 heavy (non-hydrogen) atoms. The molecule has 0 aromatic heterocycles. The number of hydrogen-bond donors (Lipinski definition) is 3. The normalized spacial score (nSPS) is 11.9. The van der Waals surface area contributed by atoms with Crippen LogP contribution in [0.2, 0.25) is 0 Å². The molecule has 0 spiro atoms. The molecule has 1 rings (SSSR count). The van der Waals surface area contributed by atoms with E-state index in [1.807, 2.05) is 13.8 Å². The second-order valence-electron chi connectivity index (χ2n) is 5.73. The Hall–Kier alpha value is -1.89. The quantitative estimate of drug-likeness (QED) is 0.670. The standard InChI is InChI=1S/C16H21BrN2O4/c1-9(2)6-13(16(22)23)19-14(20)8-18-15(21)12-5-4-11(17)7-10(12)3/h4-5,7,9,13H,6,8H2,1-3H3,(H,18,21)(H,19,20)(H,22,23)/t13-/m0/s1. The highest BCUT2D eigenvalue weighted by Gasteiger charge is 2.21. The highest BCUT2D eigenvalue weighted by molar-refractivity contribution is 9.10. The fourth-order valence-corrected chi connectivity index (χ4v) is 2.55. The third-order valence-corrected chi connectivity index (χ3v) is 3.68. The minimum Gasteiger partial charge on any atom is -0.480 e. The Bertz CT molecular complexity index is 602. The van der Waals surface area contributed by atoms with E-state index in [0.717, 1.165) is 10.0 Å². The van der Waals surface area contributed by atoms with E-state index >= 15 is 0 Å². The van der Waals surface area contributed by atoms with Gasteiger partial charge in [0.2, 0.25) is 5.91 Å². The summed E-state index contributed by atoms with van der Waals surface area (Å²) in [5.41, 5.74) is 1.25. The maximum atomic E-state index is 12.1. The first kappa shape index (κ1) is 19.2. The van der Waals surface area contributed by atoms with Crippen LogP contribution >= 0.6 is 15.9 Å². The minimum absolute atomic E-state index is 0.136. The van der Waals surface area contributed by atoms with Crippen molar-refractivity contribution in [2.75, 3.05) is 6.54 Å². The molecule has 0 aliphatic heterocycles. The van der Waals surface area contributed by atoms with Gasteiger partial charge in [0, 0.05) is 10.0 Å². The summed E-state index contributed by atoms with van der Waals surface area (Å²) in [6.45, 7) is 5.28. The fourth-order valence-electron chi connectivity index (χ4n) is 2.08. The summed E-state index contributed by atoms with van der Waals surface area (Å²) in [6.07, 6.45) is 0.334. The maximum Gasteiger partial charge on any atom is 0.326 e. The SMILES string of the molecule is Cc1cc(Br)ccc1C(=O)NCC(=O)N[C@@H](CC(C)C)C(=O)O. The third kappa shape index (κ3) is 6.40. The summed E-state index contributed by atoms with van der Waals surface area (Å²) >= 11 is 3.32. The molecule has 1 atom stereocenters. The zero-order valence-electron chi connectivity index (χ0n) is 13.4. The van der Waals surface area contributed by atoms with Gasteiger partial charge in [0.15, 0.2) is 0 Å². The van der Waals surface area contributed by atoms with Crippen LogP contribution < -0.4 is 10.6 Å². The number of hydrogen-bond acceptors (Lipinski definition) is 3. The molecule has 0 aliphatic carbocycles. The molecule has 0 radical (unpaired) electrons. The Morgan fingerprint density at radius 1 is 1.26 bits per heavy atom. The summed E-state index contributed by atoms with van der Waals surface area (Å²) in [5, 5.41) is 14.0. The molecular weight excluding hydrogens is 364 g/mol. The molecule has 0 heterocycles. The molecule has 0 saturated carbocycles. The summed E-state index contributed by atoms with van der Waals surface area (Å²) in [4.78, 5) is 35.0. The number of halogens is 1. The first-order valence-electron chi connectivity index (χ1n) is 7.27. The van der Waals surface area contributed by atoms with Crippen molar-refractivity contribution in [1.82, 2.24) is 10.6 Å². The van der Waals surface area contributed by atoms with Crippen LogP contribution in [0, 0.1) is 12.8 Å². The number of benzene rings is 1. The smallest absolute Gasteiger partial charge is 0.326 e. The first-order chi connectivity index (χ1) is 10.7. The second kappa shape index (κ2) is 8.67. The molecular formula is C16H21BrN2O4. The molecule has 0 fully saturated rings. The number of aryl methyl sites for hydroxylation is 1. The summed E-state index contributed by atoms with van der Waals surface area (Å²) in [6, 6.07) is 4.25. The van der Waals surface area contributed by atoms with Gasteiger partial charge in [0.25, 0.3) is 5.91 Å². The summed E-state index contributed by atoms with van der Waals surface area (Å²) in [7, 11) is 0. The van der Waals surface area contributed by atoms with Gasteiger partial charge >= 0.3 is 5.97 Å². The highest BCUT2D eigenvalue weighted by Crippen LogP contribution is 2.15. The predicted molar refractivity (Wildman–Crippen MR) is 90.2 cm³/mol. The molecule has 3 N–H and O–H groups in total. The first-order valence-corrected chi connectivity index (χ1v) is 8.06. The number of carboxylic acid groups (broad SMARTS) is 1. The van der Waals surface area contributed by atoms with Crippen molar-refractivity contribution in [2.45, 2.75) is 33.2 Å². The molecule has 0 unspecified atom stereocenters. The lowest BCUT2D eigenvalue weighted by atomic mass is 10.0. The van der Waals surface area contributed by atoms with Crippen molar-refractivity contribution in [3.05, 3.63) is 33.8 Å². The number of amides is 2. The molecule has 0 saturated heterocycles. The number of nitrogens with one attached hydrogen (secondary N) is 2. The van der Waals surface area contributed by atoms with Crippen LogP contribution in [0.4, 0.5) is 0 Å². The molecule has 1 aromatic rings.